The van der Waals surface area contributed by atoms with Gasteiger partial charge in [0.15, 0.2) is 5.75 Å². The first-order valence-corrected chi connectivity index (χ1v) is 11.7. The maximum Gasteiger partial charge on any atom is 0.255 e. The van der Waals surface area contributed by atoms with Gasteiger partial charge in [-0.15, -0.1) is 0 Å². The standard InChI is InChI=1S/C26H28N4O5/c1-5-26(33)9-11-29(14-26)25(32)19-13-30-23(15(19)2)20(8-10-28-30)35-17-6-7-18-21(12-17)34-16(3)22(18)24(31)27-4/h6-8,10,12-13,33H,5,9,11,14H2,1-4H3,(H,27,31)/t26-/m1/s1. The SMILES string of the molecule is CC[C@@]1(O)CCN(C(=O)c2cn3nccc(Oc4ccc5c(C(=O)NC)c(C)oc5c4)c3c2C)C1. The summed E-state index contributed by atoms with van der Waals surface area (Å²) in [5.74, 6) is 1.27. The van der Waals surface area contributed by atoms with Crippen LogP contribution in [-0.2, 0) is 0 Å². The molecule has 9 heteroatoms. The molecule has 1 aliphatic heterocycles. The average molecular weight is 477 g/mol. The zero-order valence-electron chi connectivity index (χ0n) is 20.2. The van der Waals surface area contributed by atoms with Crippen molar-refractivity contribution < 1.29 is 23.8 Å². The van der Waals surface area contributed by atoms with Gasteiger partial charge in [0.25, 0.3) is 11.8 Å². The zero-order valence-corrected chi connectivity index (χ0v) is 20.2. The Bertz CT molecular complexity index is 1470. The van der Waals surface area contributed by atoms with E-state index in [2.05, 4.69) is 10.4 Å². The van der Waals surface area contributed by atoms with E-state index in [1.165, 1.54) is 0 Å². The van der Waals surface area contributed by atoms with Crippen LogP contribution >= 0.6 is 0 Å². The van der Waals surface area contributed by atoms with Gasteiger partial charge in [0.05, 0.1) is 22.9 Å². The molecule has 5 rings (SSSR count). The molecule has 2 amide bonds. The molecule has 0 radical (unpaired) electrons. The Balaban J connectivity index is 1.48. The lowest BCUT2D eigenvalue weighted by molar-refractivity contribution is 0.0413. The zero-order chi connectivity index (χ0) is 24.9. The first kappa shape index (κ1) is 22.9. The highest BCUT2D eigenvalue weighted by Gasteiger charge is 2.37. The number of fused-ring (bicyclic) bond motifs is 2. The van der Waals surface area contributed by atoms with Crippen LogP contribution < -0.4 is 10.1 Å². The van der Waals surface area contributed by atoms with Gasteiger partial charge in [-0.05, 0) is 44.4 Å². The van der Waals surface area contributed by atoms with Crippen molar-refractivity contribution in [1.82, 2.24) is 19.8 Å². The number of carbonyl (C=O) groups is 2. The Kier molecular flexibility index (Phi) is 5.52. The van der Waals surface area contributed by atoms with Gasteiger partial charge in [-0.25, -0.2) is 4.52 Å². The second-order valence-electron chi connectivity index (χ2n) is 9.08. The molecule has 1 aliphatic rings. The molecule has 0 bridgehead atoms. The van der Waals surface area contributed by atoms with Crippen molar-refractivity contribution in [2.45, 2.75) is 39.2 Å². The molecular formula is C26H28N4O5. The lowest BCUT2D eigenvalue weighted by Gasteiger charge is -2.21. The van der Waals surface area contributed by atoms with Gasteiger partial charge in [-0.1, -0.05) is 6.92 Å². The number of benzene rings is 1. The van der Waals surface area contributed by atoms with Crippen LogP contribution in [0.5, 0.6) is 11.5 Å². The summed E-state index contributed by atoms with van der Waals surface area (Å²) in [4.78, 5) is 27.2. The Morgan fingerprint density at radius 1 is 1.29 bits per heavy atom. The molecule has 1 fully saturated rings. The lowest BCUT2D eigenvalue weighted by Crippen LogP contribution is -2.35. The maximum absolute atomic E-state index is 13.3. The van der Waals surface area contributed by atoms with Crippen LogP contribution in [-0.4, -0.2) is 57.2 Å². The van der Waals surface area contributed by atoms with Crippen LogP contribution in [0.1, 0.15) is 51.8 Å². The summed E-state index contributed by atoms with van der Waals surface area (Å²) >= 11 is 0. The van der Waals surface area contributed by atoms with E-state index in [4.69, 9.17) is 9.15 Å². The number of hydrogen-bond donors (Lipinski definition) is 2. The summed E-state index contributed by atoms with van der Waals surface area (Å²) in [5, 5.41) is 18.3. The van der Waals surface area contributed by atoms with E-state index < -0.39 is 5.60 Å². The van der Waals surface area contributed by atoms with Crippen LogP contribution in [0.25, 0.3) is 16.5 Å². The third-order valence-electron chi connectivity index (χ3n) is 6.92. The Morgan fingerprint density at radius 2 is 2.09 bits per heavy atom. The predicted octanol–water partition coefficient (Wildman–Crippen LogP) is 3.84. The second kappa shape index (κ2) is 8.42. The highest BCUT2D eigenvalue weighted by Crippen LogP contribution is 2.35. The number of ether oxygens (including phenoxy) is 1. The van der Waals surface area contributed by atoms with Gasteiger partial charge >= 0.3 is 0 Å². The molecular weight excluding hydrogens is 448 g/mol. The summed E-state index contributed by atoms with van der Waals surface area (Å²) in [6.45, 7) is 6.40. The van der Waals surface area contributed by atoms with E-state index in [0.29, 0.717) is 70.8 Å². The lowest BCUT2D eigenvalue weighted by atomic mass is 10.0. The number of furan rings is 1. The minimum absolute atomic E-state index is 0.127. The number of hydrogen-bond acceptors (Lipinski definition) is 6. The van der Waals surface area contributed by atoms with E-state index >= 15 is 0 Å². The molecule has 0 saturated carbocycles. The number of aromatic nitrogens is 2. The molecule has 35 heavy (non-hydrogen) atoms. The quantitative estimate of drug-likeness (QED) is 0.453. The Hall–Kier alpha value is -3.85. The Labute approximate surface area is 202 Å². The summed E-state index contributed by atoms with van der Waals surface area (Å²) < 4.78 is 13.6. The van der Waals surface area contributed by atoms with E-state index in [1.807, 2.05) is 13.8 Å². The molecule has 0 unspecified atom stereocenters. The van der Waals surface area contributed by atoms with Crippen molar-refractivity contribution in [3.05, 3.63) is 59.1 Å². The van der Waals surface area contributed by atoms with Crippen LogP contribution in [0.2, 0.25) is 0 Å². The molecule has 2 N–H and O–H groups in total. The molecule has 3 aromatic heterocycles. The number of nitrogens with zero attached hydrogens (tertiary/aromatic N) is 3. The number of amides is 2. The van der Waals surface area contributed by atoms with Crippen molar-refractivity contribution in [1.29, 1.82) is 0 Å². The predicted molar refractivity (Wildman–Crippen MR) is 130 cm³/mol. The van der Waals surface area contributed by atoms with Gasteiger partial charge in [0.1, 0.15) is 22.6 Å². The molecule has 4 aromatic rings. The van der Waals surface area contributed by atoms with Gasteiger partial charge < -0.3 is 24.5 Å². The minimum atomic E-state index is -0.824. The first-order valence-electron chi connectivity index (χ1n) is 11.7. The molecule has 9 nitrogen and oxygen atoms in total. The first-order chi connectivity index (χ1) is 16.7. The average Bonchev–Trinajstić information content (AvgIpc) is 3.51. The highest BCUT2D eigenvalue weighted by atomic mass is 16.5. The Morgan fingerprint density at radius 3 is 2.80 bits per heavy atom. The number of aryl methyl sites for hydroxylation is 2. The molecule has 182 valence electrons. The fourth-order valence-electron chi connectivity index (χ4n) is 4.81. The van der Waals surface area contributed by atoms with Gasteiger partial charge in [0.2, 0.25) is 0 Å². The molecule has 1 aromatic carbocycles. The van der Waals surface area contributed by atoms with E-state index in [0.717, 1.165) is 5.56 Å². The molecule has 1 saturated heterocycles. The van der Waals surface area contributed by atoms with Crippen molar-refractivity contribution >= 4 is 28.3 Å². The summed E-state index contributed by atoms with van der Waals surface area (Å²) in [5.41, 5.74) is 2.19. The summed E-state index contributed by atoms with van der Waals surface area (Å²) in [7, 11) is 1.58. The van der Waals surface area contributed by atoms with Crippen LogP contribution in [0.3, 0.4) is 0 Å². The van der Waals surface area contributed by atoms with Crippen molar-refractivity contribution in [2.75, 3.05) is 20.1 Å². The number of aliphatic hydroxyl groups is 1. The number of likely N-dealkylation sites (tertiary alicyclic amines) is 1. The number of β-amino-alcohol motifs (C(OH)–C–C–N with tert-alkyl or cyclic N) is 1. The van der Waals surface area contributed by atoms with Crippen LogP contribution in [0.15, 0.2) is 41.1 Å². The third kappa shape index (κ3) is 3.81. The minimum Gasteiger partial charge on any atom is -0.460 e. The maximum atomic E-state index is 13.3. The third-order valence-corrected chi connectivity index (χ3v) is 6.92. The smallest absolute Gasteiger partial charge is 0.255 e. The second-order valence-corrected chi connectivity index (χ2v) is 9.08. The normalized spacial score (nSPS) is 17.9. The summed E-state index contributed by atoms with van der Waals surface area (Å²) in [6.07, 6.45) is 4.50. The highest BCUT2D eigenvalue weighted by molar-refractivity contribution is 6.07. The van der Waals surface area contributed by atoms with Gasteiger partial charge in [-0.2, -0.15) is 5.10 Å². The van der Waals surface area contributed by atoms with Crippen molar-refractivity contribution in [3.63, 3.8) is 0 Å². The van der Waals surface area contributed by atoms with E-state index in [9.17, 15) is 14.7 Å². The van der Waals surface area contributed by atoms with E-state index in [-0.39, 0.29) is 11.8 Å². The molecule has 0 spiro atoms. The summed E-state index contributed by atoms with van der Waals surface area (Å²) in [6, 6.07) is 7.06. The molecule has 4 heterocycles. The monoisotopic (exact) mass is 476 g/mol. The van der Waals surface area contributed by atoms with Crippen molar-refractivity contribution in [3.8, 4) is 11.5 Å². The number of carbonyl (C=O) groups excluding carboxylic acids is 2. The van der Waals surface area contributed by atoms with Gasteiger partial charge in [0, 0.05) is 43.9 Å². The largest absolute Gasteiger partial charge is 0.460 e. The van der Waals surface area contributed by atoms with Gasteiger partial charge in [-0.3, -0.25) is 9.59 Å². The fourth-order valence-corrected chi connectivity index (χ4v) is 4.81. The molecule has 1 atom stereocenters. The topological polar surface area (TPSA) is 109 Å². The van der Waals surface area contributed by atoms with E-state index in [1.54, 1.807) is 60.0 Å². The fraction of sp³-hybridized carbons (Fsp3) is 0.346. The van der Waals surface area contributed by atoms with Crippen LogP contribution in [0, 0.1) is 13.8 Å². The number of rotatable bonds is 5. The number of nitrogens with one attached hydrogen (secondary N) is 1. The molecule has 0 aliphatic carbocycles. The van der Waals surface area contributed by atoms with Crippen LogP contribution in [0.4, 0.5) is 0 Å². The van der Waals surface area contributed by atoms with Crippen molar-refractivity contribution in [2.24, 2.45) is 0 Å².